The minimum Gasteiger partial charge on any atom is -0.365 e. The summed E-state index contributed by atoms with van der Waals surface area (Å²) in [6.45, 7) is 7.73. The average Bonchev–Trinajstić information content (AvgIpc) is 2.50. The summed E-state index contributed by atoms with van der Waals surface area (Å²) in [5.41, 5.74) is 5.41. The number of hydrogen-bond donors (Lipinski definition) is 2. The van der Waals surface area contributed by atoms with E-state index in [1.54, 1.807) is 0 Å². The lowest BCUT2D eigenvalue weighted by molar-refractivity contribution is -0.133. The van der Waals surface area contributed by atoms with Crippen LogP contribution >= 0.6 is 0 Å². The van der Waals surface area contributed by atoms with Crippen molar-refractivity contribution in [2.24, 2.45) is 5.73 Å². The van der Waals surface area contributed by atoms with Crippen molar-refractivity contribution >= 4 is 5.91 Å². The molecule has 1 aliphatic heterocycles. The summed E-state index contributed by atoms with van der Waals surface area (Å²) in [4.78, 5) is 11.8. The Hall–Kier alpha value is -0.610. The zero-order chi connectivity index (χ0) is 11.6. The molecule has 0 aromatic heterocycles. The highest BCUT2D eigenvalue weighted by molar-refractivity contribution is 5.81. The van der Waals surface area contributed by atoms with Crippen molar-refractivity contribution in [3.8, 4) is 0 Å². The summed E-state index contributed by atoms with van der Waals surface area (Å²) < 4.78 is 5.50. The number of hydrogen-bond acceptors (Lipinski definition) is 3. The highest BCUT2D eigenvalue weighted by Gasteiger charge is 2.32. The van der Waals surface area contributed by atoms with Crippen LogP contribution in [0.4, 0.5) is 0 Å². The summed E-state index contributed by atoms with van der Waals surface area (Å²) in [5.74, 6) is -0.0401. The van der Waals surface area contributed by atoms with E-state index in [1.807, 2.05) is 27.7 Å². The van der Waals surface area contributed by atoms with Gasteiger partial charge in [-0.05, 0) is 40.5 Å². The Kier molecular flexibility index (Phi) is 3.73. The summed E-state index contributed by atoms with van der Waals surface area (Å²) in [5, 5.41) is 2.93. The normalized spacial score (nSPS) is 28.9. The van der Waals surface area contributed by atoms with Crippen LogP contribution in [-0.4, -0.2) is 29.7 Å². The third-order valence-electron chi connectivity index (χ3n) is 3.11. The third kappa shape index (κ3) is 3.18. The molecule has 1 fully saturated rings. The number of carbonyl (C=O) groups excluding carboxylic acids is 1. The summed E-state index contributed by atoms with van der Waals surface area (Å²) in [6, 6.07) is -0.0831. The Morgan fingerprint density at radius 1 is 1.53 bits per heavy atom. The van der Waals surface area contributed by atoms with Crippen molar-refractivity contribution in [1.82, 2.24) is 5.32 Å². The predicted molar refractivity (Wildman–Crippen MR) is 59.4 cm³/mol. The standard InChI is InChI=1S/C11H22N2O2/c1-7-5-6-9(15-7)10(14)13-11(3,4)8(2)12/h7-9H,5-6,12H2,1-4H3,(H,13,14). The zero-order valence-electron chi connectivity index (χ0n) is 10.0. The number of ether oxygens (including phenoxy) is 1. The van der Waals surface area contributed by atoms with Gasteiger partial charge in [0.05, 0.1) is 6.10 Å². The first kappa shape index (κ1) is 12.5. The molecule has 1 rings (SSSR count). The van der Waals surface area contributed by atoms with Gasteiger partial charge in [0.2, 0.25) is 5.91 Å². The van der Waals surface area contributed by atoms with Gasteiger partial charge in [-0.3, -0.25) is 4.79 Å². The first-order chi connectivity index (χ1) is 6.83. The molecule has 0 aromatic carbocycles. The molecule has 0 saturated carbocycles. The Balaban J connectivity index is 2.49. The van der Waals surface area contributed by atoms with Gasteiger partial charge in [-0.25, -0.2) is 0 Å². The lowest BCUT2D eigenvalue weighted by Crippen LogP contribution is -2.56. The Bertz CT molecular complexity index is 239. The number of rotatable bonds is 3. The minimum absolute atomic E-state index is 0.0401. The maximum absolute atomic E-state index is 11.8. The largest absolute Gasteiger partial charge is 0.365 e. The van der Waals surface area contributed by atoms with Gasteiger partial charge in [0.15, 0.2) is 0 Å². The first-order valence-electron chi connectivity index (χ1n) is 5.56. The van der Waals surface area contributed by atoms with E-state index in [9.17, 15) is 4.79 Å². The fourth-order valence-electron chi connectivity index (χ4n) is 1.51. The molecule has 1 aliphatic rings. The van der Waals surface area contributed by atoms with Crippen molar-refractivity contribution in [2.75, 3.05) is 0 Å². The zero-order valence-corrected chi connectivity index (χ0v) is 10.0. The quantitative estimate of drug-likeness (QED) is 0.730. The highest BCUT2D eigenvalue weighted by Crippen LogP contribution is 2.20. The van der Waals surface area contributed by atoms with Gasteiger partial charge >= 0.3 is 0 Å². The van der Waals surface area contributed by atoms with Gasteiger partial charge in [0, 0.05) is 11.6 Å². The monoisotopic (exact) mass is 214 g/mol. The Labute approximate surface area is 91.5 Å². The smallest absolute Gasteiger partial charge is 0.249 e. The van der Waals surface area contributed by atoms with Crippen molar-refractivity contribution in [1.29, 1.82) is 0 Å². The van der Waals surface area contributed by atoms with Crippen LogP contribution in [-0.2, 0) is 9.53 Å². The topological polar surface area (TPSA) is 64.4 Å². The lowest BCUT2D eigenvalue weighted by Gasteiger charge is -2.31. The lowest BCUT2D eigenvalue weighted by atomic mass is 9.96. The fourth-order valence-corrected chi connectivity index (χ4v) is 1.51. The molecule has 4 nitrogen and oxygen atoms in total. The maximum Gasteiger partial charge on any atom is 0.249 e. The predicted octanol–water partition coefficient (Wildman–Crippen LogP) is 0.796. The van der Waals surface area contributed by atoms with E-state index in [0.29, 0.717) is 0 Å². The molecule has 15 heavy (non-hydrogen) atoms. The van der Waals surface area contributed by atoms with Crippen molar-refractivity contribution in [3.63, 3.8) is 0 Å². The van der Waals surface area contributed by atoms with E-state index < -0.39 is 0 Å². The van der Waals surface area contributed by atoms with Crippen LogP contribution in [0, 0.1) is 0 Å². The molecular formula is C11H22N2O2. The molecule has 0 aliphatic carbocycles. The van der Waals surface area contributed by atoms with Gasteiger partial charge in [0.25, 0.3) is 0 Å². The molecule has 4 heteroatoms. The van der Waals surface area contributed by atoms with Crippen LogP contribution in [0.3, 0.4) is 0 Å². The molecule has 3 unspecified atom stereocenters. The van der Waals surface area contributed by atoms with Crippen molar-refractivity contribution in [3.05, 3.63) is 0 Å². The number of nitrogens with one attached hydrogen (secondary N) is 1. The van der Waals surface area contributed by atoms with Crippen LogP contribution < -0.4 is 11.1 Å². The van der Waals surface area contributed by atoms with E-state index in [2.05, 4.69) is 5.32 Å². The first-order valence-corrected chi connectivity index (χ1v) is 5.56. The SMILES string of the molecule is CC1CCC(C(=O)NC(C)(C)C(C)N)O1. The van der Waals surface area contributed by atoms with Gasteiger partial charge in [-0.2, -0.15) is 0 Å². The molecule has 3 N–H and O–H groups in total. The van der Waals surface area contributed by atoms with Gasteiger partial charge in [0.1, 0.15) is 6.10 Å². The molecule has 88 valence electrons. The molecular weight excluding hydrogens is 192 g/mol. The Morgan fingerprint density at radius 2 is 2.13 bits per heavy atom. The summed E-state index contributed by atoms with van der Waals surface area (Å²) in [6.07, 6.45) is 1.66. The van der Waals surface area contributed by atoms with Crippen LogP contribution in [0.25, 0.3) is 0 Å². The van der Waals surface area contributed by atoms with Crippen LogP contribution in [0.15, 0.2) is 0 Å². The van der Waals surface area contributed by atoms with Crippen LogP contribution in [0.1, 0.15) is 40.5 Å². The molecule has 0 spiro atoms. The molecule has 0 radical (unpaired) electrons. The van der Waals surface area contributed by atoms with E-state index in [1.165, 1.54) is 0 Å². The second-order valence-corrected chi connectivity index (χ2v) is 5.01. The molecule has 0 bridgehead atoms. The maximum atomic E-state index is 11.8. The van der Waals surface area contributed by atoms with Crippen LogP contribution in [0.5, 0.6) is 0 Å². The molecule has 3 atom stereocenters. The van der Waals surface area contributed by atoms with Gasteiger partial charge in [-0.1, -0.05) is 0 Å². The summed E-state index contributed by atoms with van der Waals surface area (Å²) >= 11 is 0. The van der Waals surface area contributed by atoms with Gasteiger partial charge < -0.3 is 15.8 Å². The Morgan fingerprint density at radius 3 is 2.53 bits per heavy atom. The van der Waals surface area contributed by atoms with E-state index >= 15 is 0 Å². The summed E-state index contributed by atoms with van der Waals surface area (Å²) in [7, 11) is 0. The second-order valence-electron chi connectivity index (χ2n) is 5.01. The van der Waals surface area contributed by atoms with Crippen molar-refractivity contribution in [2.45, 2.75) is 64.3 Å². The van der Waals surface area contributed by atoms with Gasteiger partial charge in [-0.15, -0.1) is 0 Å². The number of nitrogens with two attached hydrogens (primary N) is 1. The number of carbonyl (C=O) groups is 1. The molecule has 1 amide bonds. The minimum atomic E-state index is -0.383. The molecule has 1 saturated heterocycles. The van der Waals surface area contributed by atoms with Crippen LogP contribution in [0.2, 0.25) is 0 Å². The van der Waals surface area contributed by atoms with Crippen molar-refractivity contribution < 1.29 is 9.53 Å². The average molecular weight is 214 g/mol. The second kappa shape index (κ2) is 4.49. The number of amides is 1. The van der Waals surface area contributed by atoms with E-state index in [-0.39, 0.29) is 29.7 Å². The highest BCUT2D eigenvalue weighted by atomic mass is 16.5. The fraction of sp³-hybridized carbons (Fsp3) is 0.909. The van der Waals surface area contributed by atoms with E-state index in [0.717, 1.165) is 12.8 Å². The van der Waals surface area contributed by atoms with E-state index in [4.69, 9.17) is 10.5 Å². The molecule has 1 heterocycles. The molecule has 0 aromatic rings. The third-order valence-corrected chi connectivity index (χ3v) is 3.11.